The van der Waals surface area contributed by atoms with Crippen LogP contribution in [0, 0.1) is 20.8 Å². The molecule has 0 amide bonds. The Balaban J connectivity index is 1.94. The van der Waals surface area contributed by atoms with Crippen molar-refractivity contribution in [1.29, 1.82) is 0 Å². The van der Waals surface area contributed by atoms with E-state index in [-0.39, 0.29) is 15.6 Å². The Morgan fingerprint density at radius 2 is 1.33 bits per heavy atom. The first kappa shape index (κ1) is 26.5. The van der Waals surface area contributed by atoms with Gasteiger partial charge in [0.25, 0.3) is 0 Å². The molecule has 3 aromatic heterocycles. The van der Waals surface area contributed by atoms with Crippen LogP contribution in [0.5, 0.6) is 0 Å². The molecule has 0 aliphatic rings. The minimum absolute atomic E-state index is 0.145. The number of aromatic nitrogens is 4. The van der Waals surface area contributed by atoms with Gasteiger partial charge in [0.15, 0.2) is 31.1 Å². The maximum atomic E-state index is 12.5. The van der Waals surface area contributed by atoms with Gasteiger partial charge in [-0.3, -0.25) is 9.38 Å². The number of hydrogen-bond donors (Lipinski definition) is 1. The quantitative estimate of drug-likeness (QED) is 0.332. The van der Waals surface area contributed by atoms with Crippen molar-refractivity contribution < 1.29 is 16.8 Å². The molecule has 0 fully saturated rings. The number of hydrogen-bond acceptors (Lipinski definition) is 8. The van der Waals surface area contributed by atoms with E-state index in [2.05, 4.69) is 9.97 Å². The number of aryl methyl sites for hydroxylation is 3. The first-order valence-electron chi connectivity index (χ1n) is 12.0. The summed E-state index contributed by atoms with van der Waals surface area (Å²) in [5, 5.41) is 0. The number of imidazole rings is 1. The highest BCUT2D eigenvalue weighted by atomic mass is 32.2. The molecule has 200 valence electrons. The zero-order valence-corrected chi connectivity index (χ0v) is 23.7. The molecule has 2 N–H and O–H groups in total. The molecule has 0 atom stereocenters. The molecule has 39 heavy (non-hydrogen) atoms. The monoisotopic (exact) mass is 561 g/mol. The molecule has 0 spiro atoms. The van der Waals surface area contributed by atoms with Crippen LogP contribution in [0.15, 0.2) is 70.8 Å². The van der Waals surface area contributed by atoms with Crippen LogP contribution < -0.4 is 5.73 Å². The average molecular weight is 562 g/mol. The van der Waals surface area contributed by atoms with Crippen LogP contribution >= 0.6 is 0 Å². The number of benzene rings is 2. The van der Waals surface area contributed by atoms with Gasteiger partial charge in [-0.2, -0.15) is 0 Å². The number of rotatable bonds is 5. The van der Waals surface area contributed by atoms with E-state index in [1.165, 1.54) is 0 Å². The molecule has 0 aliphatic carbocycles. The number of nitrogens with zero attached hydrogens (tertiary/aromatic N) is 4. The lowest BCUT2D eigenvalue weighted by Gasteiger charge is -2.14. The van der Waals surface area contributed by atoms with E-state index in [9.17, 15) is 16.8 Å². The van der Waals surface area contributed by atoms with E-state index >= 15 is 0 Å². The van der Waals surface area contributed by atoms with E-state index in [0.717, 1.165) is 34.8 Å². The number of sulfone groups is 2. The first-order valence-corrected chi connectivity index (χ1v) is 15.8. The van der Waals surface area contributed by atoms with Gasteiger partial charge in [-0.05, 0) is 67.8 Å². The van der Waals surface area contributed by atoms with Gasteiger partial charge in [0.1, 0.15) is 0 Å². The van der Waals surface area contributed by atoms with Crippen molar-refractivity contribution in [2.75, 3.05) is 18.2 Å². The fourth-order valence-corrected chi connectivity index (χ4v) is 5.87. The third-order valence-electron chi connectivity index (χ3n) is 6.71. The lowest BCUT2D eigenvalue weighted by atomic mass is 9.98. The molecule has 9 nitrogen and oxygen atoms in total. The summed E-state index contributed by atoms with van der Waals surface area (Å²) in [6.45, 7) is 5.66. The van der Waals surface area contributed by atoms with E-state index in [1.54, 1.807) is 53.2 Å². The number of pyridine rings is 1. The Labute approximate surface area is 227 Å². The summed E-state index contributed by atoms with van der Waals surface area (Å²) in [5.74, 6) is 0.171. The van der Waals surface area contributed by atoms with Gasteiger partial charge in [-0.1, -0.05) is 12.1 Å². The number of nitrogen functional groups attached to an aromatic ring is 1. The lowest BCUT2D eigenvalue weighted by Crippen LogP contribution is -2.03. The minimum Gasteiger partial charge on any atom is -0.381 e. The summed E-state index contributed by atoms with van der Waals surface area (Å²) >= 11 is 0. The second-order valence-corrected chi connectivity index (χ2v) is 13.7. The van der Waals surface area contributed by atoms with Gasteiger partial charge in [0.05, 0.1) is 26.9 Å². The molecule has 5 rings (SSSR count). The molecule has 5 aromatic rings. The molecule has 2 aromatic carbocycles. The van der Waals surface area contributed by atoms with Crippen molar-refractivity contribution in [3.63, 3.8) is 0 Å². The van der Waals surface area contributed by atoms with Gasteiger partial charge in [-0.15, -0.1) is 0 Å². The second-order valence-electron chi connectivity index (χ2n) is 9.70. The highest BCUT2D eigenvalue weighted by Crippen LogP contribution is 2.39. The van der Waals surface area contributed by atoms with Crippen LogP contribution in [0.1, 0.15) is 16.7 Å². The van der Waals surface area contributed by atoms with E-state index < -0.39 is 19.7 Å². The van der Waals surface area contributed by atoms with Crippen molar-refractivity contribution in [3.05, 3.63) is 77.7 Å². The minimum atomic E-state index is -3.52. The van der Waals surface area contributed by atoms with Crippen molar-refractivity contribution >= 4 is 31.1 Å². The van der Waals surface area contributed by atoms with E-state index in [1.807, 2.05) is 33.0 Å². The van der Waals surface area contributed by atoms with E-state index in [4.69, 9.17) is 10.7 Å². The Bertz CT molecular complexity index is 2010. The van der Waals surface area contributed by atoms with E-state index in [0.29, 0.717) is 33.9 Å². The SMILES string of the molecule is Cc1cnccc1-c1cn2c(-c3cc(S(C)(=O)=O)ccc3C)c(-c3cc(S(C)(=O)=O)ccc3C)nc2c(N)n1. The molecule has 0 unspecified atom stereocenters. The summed E-state index contributed by atoms with van der Waals surface area (Å²) in [6, 6.07) is 11.6. The zero-order chi connectivity index (χ0) is 28.3. The molecular weight excluding hydrogens is 534 g/mol. The summed E-state index contributed by atoms with van der Waals surface area (Å²) in [5.41, 5.74) is 13.0. The highest BCUT2D eigenvalue weighted by Gasteiger charge is 2.24. The third-order valence-corrected chi connectivity index (χ3v) is 8.93. The summed E-state index contributed by atoms with van der Waals surface area (Å²) in [4.78, 5) is 13.9. The van der Waals surface area contributed by atoms with Crippen LogP contribution in [0.2, 0.25) is 0 Å². The molecule has 0 bridgehead atoms. The Morgan fingerprint density at radius 1 is 0.744 bits per heavy atom. The second kappa shape index (κ2) is 9.28. The standard InChI is InChI=1S/C28H27N5O4S2/c1-16-6-8-19(38(4,34)35)12-22(16)25-26(23-13-20(39(5,36)37)9-7-17(23)2)33-15-24(31-27(29)28(33)32-25)21-10-11-30-14-18(21)3/h6-15H,1-5H3,(H2,29,31). The fourth-order valence-electron chi connectivity index (χ4n) is 4.58. The Morgan fingerprint density at radius 3 is 1.92 bits per heavy atom. The summed E-state index contributed by atoms with van der Waals surface area (Å²) < 4.78 is 51.6. The van der Waals surface area contributed by atoms with Gasteiger partial charge < -0.3 is 5.73 Å². The largest absolute Gasteiger partial charge is 0.381 e. The zero-order valence-electron chi connectivity index (χ0n) is 22.1. The molecule has 3 heterocycles. The van der Waals surface area contributed by atoms with Crippen LogP contribution in [0.3, 0.4) is 0 Å². The molecule has 0 saturated heterocycles. The van der Waals surface area contributed by atoms with Crippen LogP contribution in [0.25, 0.3) is 39.4 Å². The van der Waals surface area contributed by atoms with Crippen LogP contribution in [-0.2, 0) is 19.7 Å². The normalized spacial score (nSPS) is 12.2. The predicted molar refractivity (Wildman–Crippen MR) is 152 cm³/mol. The molecular formula is C28H27N5O4S2. The molecule has 0 saturated carbocycles. The smallest absolute Gasteiger partial charge is 0.181 e. The number of fused-ring (bicyclic) bond motifs is 1. The Hall–Kier alpha value is -4.09. The van der Waals surface area contributed by atoms with Crippen LogP contribution in [0.4, 0.5) is 5.82 Å². The summed E-state index contributed by atoms with van der Waals surface area (Å²) in [6.07, 6.45) is 7.52. The van der Waals surface area contributed by atoms with Crippen molar-refractivity contribution in [3.8, 4) is 33.8 Å². The topological polar surface area (TPSA) is 137 Å². The molecule has 0 radical (unpaired) electrons. The van der Waals surface area contributed by atoms with Crippen molar-refractivity contribution in [2.45, 2.75) is 30.6 Å². The average Bonchev–Trinajstić information content (AvgIpc) is 3.23. The van der Waals surface area contributed by atoms with Gasteiger partial charge in [-0.25, -0.2) is 26.8 Å². The van der Waals surface area contributed by atoms with Gasteiger partial charge in [0, 0.05) is 47.8 Å². The van der Waals surface area contributed by atoms with Crippen molar-refractivity contribution in [2.24, 2.45) is 0 Å². The number of nitrogens with two attached hydrogens (primary N) is 1. The van der Waals surface area contributed by atoms with Crippen molar-refractivity contribution in [1.82, 2.24) is 19.4 Å². The molecule has 0 aliphatic heterocycles. The fraction of sp³-hybridized carbons (Fsp3) is 0.179. The predicted octanol–water partition coefficient (Wildman–Crippen LogP) is 4.44. The number of anilines is 1. The molecule has 11 heteroatoms. The highest BCUT2D eigenvalue weighted by molar-refractivity contribution is 7.91. The summed E-state index contributed by atoms with van der Waals surface area (Å²) in [7, 11) is -7.02. The van der Waals surface area contributed by atoms with Gasteiger partial charge in [0.2, 0.25) is 0 Å². The van der Waals surface area contributed by atoms with Crippen LogP contribution in [-0.4, -0.2) is 48.7 Å². The van der Waals surface area contributed by atoms with Gasteiger partial charge >= 0.3 is 0 Å². The first-order chi connectivity index (χ1) is 18.3. The lowest BCUT2D eigenvalue weighted by molar-refractivity contribution is 0.600. The third kappa shape index (κ3) is 4.79. The maximum Gasteiger partial charge on any atom is 0.181 e. The maximum absolute atomic E-state index is 12.5. The Kier molecular flexibility index (Phi) is 6.31.